The fourth-order valence-corrected chi connectivity index (χ4v) is 11.9. The molecule has 15 aromatic rings. The standard InChI is InChI=1S/C63H36N4O2S/c1-4-15-37(16-5-1)42-22-13-26-51-56(42)44-31-29-40(36-53(44)69-51)62-64-61(38-17-6-2-7-18-38)65-63(66-62)47-25-14-27-52-57(47)48-35-39(30-33-50(48)68-52)43-23-12-24-46-58-49(67(60(43)46)41-19-8-3-9-20-41)32-34-55-59(58)45-21-10-11-28-54(45)70-55/h1-36H. The molecule has 0 aliphatic heterocycles. The van der Waals surface area contributed by atoms with Gasteiger partial charge in [-0.1, -0.05) is 152 Å². The average molecular weight is 913 g/mol. The van der Waals surface area contributed by atoms with Crippen molar-refractivity contribution in [2.45, 2.75) is 0 Å². The lowest BCUT2D eigenvalue weighted by atomic mass is 9.98. The highest BCUT2D eigenvalue weighted by molar-refractivity contribution is 7.26. The predicted octanol–water partition coefficient (Wildman–Crippen LogP) is 17.5. The van der Waals surface area contributed by atoms with Gasteiger partial charge in [0.25, 0.3) is 0 Å². The summed E-state index contributed by atoms with van der Waals surface area (Å²) in [6.45, 7) is 0. The Bertz CT molecular complexity index is 4590. The molecule has 70 heavy (non-hydrogen) atoms. The number of thiophene rings is 1. The van der Waals surface area contributed by atoms with Gasteiger partial charge in [0.1, 0.15) is 22.3 Å². The smallest absolute Gasteiger partial charge is 0.164 e. The molecular weight excluding hydrogens is 877 g/mol. The van der Waals surface area contributed by atoms with Gasteiger partial charge in [-0.3, -0.25) is 0 Å². The van der Waals surface area contributed by atoms with Crippen molar-refractivity contribution < 1.29 is 8.83 Å². The van der Waals surface area contributed by atoms with Crippen molar-refractivity contribution in [3.8, 4) is 62.1 Å². The molecule has 5 aromatic heterocycles. The van der Waals surface area contributed by atoms with Crippen LogP contribution in [-0.4, -0.2) is 19.5 Å². The van der Waals surface area contributed by atoms with E-state index in [-0.39, 0.29) is 0 Å². The van der Waals surface area contributed by atoms with Crippen molar-refractivity contribution in [2.24, 2.45) is 0 Å². The first-order valence-electron chi connectivity index (χ1n) is 23.4. The first kappa shape index (κ1) is 38.9. The Labute approximate surface area is 404 Å². The van der Waals surface area contributed by atoms with E-state index in [1.165, 1.54) is 36.5 Å². The van der Waals surface area contributed by atoms with Crippen LogP contribution in [0.5, 0.6) is 0 Å². The lowest BCUT2D eigenvalue weighted by Gasteiger charge is -2.12. The Kier molecular flexibility index (Phi) is 8.43. The predicted molar refractivity (Wildman–Crippen MR) is 289 cm³/mol. The van der Waals surface area contributed by atoms with Crippen LogP contribution in [-0.2, 0) is 0 Å². The number of para-hydroxylation sites is 2. The van der Waals surface area contributed by atoms with Crippen LogP contribution in [0, 0.1) is 0 Å². The van der Waals surface area contributed by atoms with Gasteiger partial charge in [-0.2, -0.15) is 0 Å². The van der Waals surface area contributed by atoms with Crippen LogP contribution < -0.4 is 0 Å². The van der Waals surface area contributed by atoms with E-state index in [2.05, 4.69) is 168 Å². The molecule has 7 heteroatoms. The van der Waals surface area contributed by atoms with Crippen LogP contribution >= 0.6 is 11.3 Å². The largest absolute Gasteiger partial charge is 0.456 e. The summed E-state index contributed by atoms with van der Waals surface area (Å²) >= 11 is 1.86. The van der Waals surface area contributed by atoms with Gasteiger partial charge in [0.2, 0.25) is 0 Å². The number of aromatic nitrogens is 4. The average Bonchev–Trinajstić information content (AvgIpc) is 4.20. The zero-order valence-electron chi connectivity index (χ0n) is 37.3. The highest BCUT2D eigenvalue weighted by Gasteiger charge is 2.23. The van der Waals surface area contributed by atoms with E-state index in [9.17, 15) is 0 Å². The van der Waals surface area contributed by atoms with Gasteiger partial charge in [0, 0.05) is 80.4 Å². The topological polar surface area (TPSA) is 69.9 Å². The molecule has 0 spiro atoms. The maximum atomic E-state index is 6.67. The van der Waals surface area contributed by atoms with E-state index in [0.717, 1.165) is 94.0 Å². The van der Waals surface area contributed by atoms with Gasteiger partial charge in [-0.05, 0) is 83.4 Å². The summed E-state index contributed by atoms with van der Waals surface area (Å²) in [6.07, 6.45) is 0. The molecule has 5 heterocycles. The number of hydrogen-bond acceptors (Lipinski definition) is 6. The lowest BCUT2D eigenvalue weighted by Crippen LogP contribution is -2.00. The minimum absolute atomic E-state index is 0.549. The molecule has 0 unspecified atom stereocenters. The second kappa shape index (κ2) is 15.2. The quantitative estimate of drug-likeness (QED) is 0.166. The molecule has 6 nitrogen and oxygen atoms in total. The van der Waals surface area contributed by atoms with Crippen LogP contribution in [0.15, 0.2) is 227 Å². The zero-order chi connectivity index (χ0) is 45.9. The van der Waals surface area contributed by atoms with Crippen LogP contribution in [0.2, 0.25) is 0 Å². The summed E-state index contributed by atoms with van der Waals surface area (Å²) in [4.78, 5) is 15.6. The number of hydrogen-bond donors (Lipinski definition) is 0. The van der Waals surface area contributed by atoms with Crippen LogP contribution in [0.25, 0.3) is 148 Å². The molecule has 0 amide bonds. The van der Waals surface area contributed by atoms with Crippen molar-refractivity contribution >= 4 is 97.2 Å². The van der Waals surface area contributed by atoms with Gasteiger partial charge < -0.3 is 13.4 Å². The van der Waals surface area contributed by atoms with Gasteiger partial charge >= 0.3 is 0 Å². The molecule has 0 N–H and O–H groups in total. The number of benzene rings is 10. The third kappa shape index (κ3) is 5.89. The zero-order valence-corrected chi connectivity index (χ0v) is 38.1. The molecule has 15 rings (SSSR count). The summed E-state index contributed by atoms with van der Waals surface area (Å²) < 4.78 is 18.3. The number of rotatable bonds is 6. The Morgan fingerprint density at radius 2 is 0.957 bits per heavy atom. The Balaban J connectivity index is 0.935. The molecule has 0 atom stereocenters. The van der Waals surface area contributed by atoms with Crippen LogP contribution in [0.4, 0.5) is 0 Å². The van der Waals surface area contributed by atoms with E-state index in [4.69, 9.17) is 23.8 Å². The first-order valence-corrected chi connectivity index (χ1v) is 24.2. The molecule has 0 saturated heterocycles. The molecule has 0 aliphatic carbocycles. The molecule has 326 valence electrons. The van der Waals surface area contributed by atoms with Gasteiger partial charge in [-0.25, -0.2) is 15.0 Å². The van der Waals surface area contributed by atoms with Crippen molar-refractivity contribution in [3.63, 3.8) is 0 Å². The lowest BCUT2D eigenvalue weighted by molar-refractivity contribution is 0.668. The fourth-order valence-electron chi connectivity index (χ4n) is 10.8. The monoisotopic (exact) mass is 912 g/mol. The first-order chi connectivity index (χ1) is 34.7. The molecular formula is C63H36N4O2S. The van der Waals surface area contributed by atoms with E-state index < -0.39 is 0 Å². The van der Waals surface area contributed by atoms with E-state index >= 15 is 0 Å². The van der Waals surface area contributed by atoms with Crippen molar-refractivity contribution in [3.05, 3.63) is 218 Å². The normalized spacial score (nSPS) is 12.0. The van der Waals surface area contributed by atoms with Crippen molar-refractivity contribution in [1.29, 1.82) is 0 Å². The van der Waals surface area contributed by atoms with Crippen LogP contribution in [0.1, 0.15) is 0 Å². The maximum Gasteiger partial charge on any atom is 0.164 e. The van der Waals surface area contributed by atoms with Gasteiger partial charge in [0.15, 0.2) is 17.5 Å². The molecule has 0 aliphatic rings. The molecule has 10 aromatic carbocycles. The third-order valence-corrected chi connectivity index (χ3v) is 15.0. The number of nitrogens with zero attached hydrogens (tertiary/aromatic N) is 4. The second-order valence-corrected chi connectivity index (χ2v) is 18.9. The maximum absolute atomic E-state index is 6.67. The molecule has 0 saturated carbocycles. The Morgan fingerprint density at radius 1 is 0.329 bits per heavy atom. The minimum Gasteiger partial charge on any atom is -0.456 e. The summed E-state index contributed by atoms with van der Waals surface area (Å²) in [7, 11) is 0. The Hall–Kier alpha value is -9.17. The fraction of sp³-hybridized carbons (Fsp3) is 0. The highest BCUT2D eigenvalue weighted by atomic mass is 32.1. The van der Waals surface area contributed by atoms with Gasteiger partial charge in [-0.15, -0.1) is 11.3 Å². The second-order valence-electron chi connectivity index (χ2n) is 17.8. The highest BCUT2D eigenvalue weighted by Crippen LogP contribution is 2.47. The van der Waals surface area contributed by atoms with E-state index in [0.29, 0.717) is 17.5 Å². The summed E-state index contributed by atoms with van der Waals surface area (Å²) in [6, 6.07) is 76.6. The van der Waals surface area contributed by atoms with Crippen molar-refractivity contribution in [2.75, 3.05) is 0 Å². The number of fused-ring (bicyclic) bond motifs is 13. The van der Waals surface area contributed by atoms with E-state index in [1.54, 1.807) is 0 Å². The summed E-state index contributed by atoms with van der Waals surface area (Å²) in [5.41, 5.74) is 13.7. The van der Waals surface area contributed by atoms with Gasteiger partial charge in [0.05, 0.1) is 11.0 Å². The van der Waals surface area contributed by atoms with Crippen LogP contribution in [0.3, 0.4) is 0 Å². The summed E-state index contributed by atoms with van der Waals surface area (Å²) in [5.74, 6) is 1.68. The Morgan fingerprint density at radius 3 is 1.77 bits per heavy atom. The van der Waals surface area contributed by atoms with Crippen molar-refractivity contribution in [1.82, 2.24) is 19.5 Å². The molecule has 0 fully saturated rings. The SMILES string of the molecule is c1ccc(-c2nc(-c3ccc4c(c3)oc3cccc(-c5ccccc5)c34)nc(-c3cccc4oc5ccc(-c6cccc7c8c9c(ccc8n(-c8ccccc8)c67)sc6ccccc69)cc5c34)n2)cc1. The number of furan rings is 2. The van der Waals surface area contributed by atoms with E-state index in [1.807, 2.05) is 65.9 Å². The molecule has 0 bridgehead atoms. The summed E-state index contributed by atoms with van der Waals surface area (Å²) in [5, 5.41) is 9.12. The minimum atomic E-state index is 0.549. The third-order valence-electron chi connectivity index (χ3n) is 13.9. The molecule has 0 radical (unpaired) electrons.